The molecule has 0 radical (unpaired) electrons. The summed E-state index contributed by atoms with van der Waals surface area (Å²) in [6.07, 6.45) is 7.77. The molecule has 3 rings (SSSR count). The second-order valence-corrected chi connectivity index (χ2v) is 4.49. The molecule has 2 aromatic heterocycles. The number of hydrogen-bond donors (Lipinski definition) is 2. The van der Waals surface area contributed by atoms with Crippen molar-refractivity contribution >= 4 is 5.69 Å². The molecule has 0 aromatic carbocycles. The van der Waals surface area contributed by atoms with Gasteiger partial charge in [-0.05, 0) is 44.1 Å². The van der Waals surface area contributed by atoms with Crippen molar-refractivity contribution in [3.8, 4) is 5.82 Å². The molecule has 5 nitrogen and oxygen atoms in total. The molecule has 1 aliphatic rings. The summed E-state index contributed by atoms with van der Waals surface area (Å²) < 4.78 is 1.80. The van der Waals surface area contributed by atoms with Gasteiger partial charge in [-0.3, -0.25) is 0 Å². The van der Waals surface area contributed by atoms with E-state index < -0.39 is 0 Å². The molecule has 0 atom stereocenters. The van der Waals surface area contributed by atoms with Gasteiger partial charge in [0.25, 0.3) is 0 Å². The van der Waals surface area contributed by atoms with Crippen LogP contribution in [0.1, 0.15) is 12.8 Å². The number of hydrogen-bond acceptors (Lipinski definition) is 4. The quantitative estimate of drug-likeness (QED) is 0.856. The minimum absolute atomic E-state index is 0.518. The molecule has 1 fully saturated rings. The second kappa shape index (κ2) is 5.18. The number of piperidine rings is 1. The first-order chi connectivity index (χ1) is 8.93. The third-order valence-electron chi connectivity index (χ3n) is 3.21. The molecule has 18 heavy (non-hydrogen) atoms. The summed E-state index contributed by atoms with van der Waals surface area (Å²) >= 11 is 0. The highest BCUT2D eigenvalue weighted by Gasteiger charge is 2.15. The van der Waals surface area contributed by atoms with Gasteiger partial charge in [0.2, 0.25) is 0 Å². The number of nitrogens with zero attached hydrogens (tertiary/aromatic N) is 3. The van der Waals surface area contributed by atoms with Gasteiger partial charge in [-0.25, -0.2) is 9.67 Å². The summed E-state index contributed by atoms with van der Waals surface area (Å²) in [6, 6.07) is 6.44. The van der Waals surface area contributed by atoms with Crippen LogP contribution in [0.25, 0.3) is 5.82 Å². The van der Waals surface area contributed by atoms with Crippen LogP contribution in [0.2, 0.25) is 0 Å². The molecular weight excluding hydrogens is 226 g/mol. The van der Waals surface area contributed by atoms with Crippen molar-refractivity contribution < 1.29 is 0 Å². The van der Waals surface area contributed by atoms with Crippen LogP contribution < -0.4 is 10.6 Å². The van der Waals surface area contributed by atoms with Crippen molar-refractivity contribution in [3.05, 3.63) is 36.8 Å². The predicted octanol–water partition coefficient (Wildman–Crippen LogP) is 1.43. The van der Waals surface area contributed by atoms with E-state index in [9.17, 15) is 0 Å². The van der Waals surface area contributed by atoms with Crippen LogP contribution in [0, 0.1) is 0 Å². The van der Waals surface area contributed by atoms with Crippen LogP contribution in [-0.2, 0) is 0 Å². The molecule has 0 saturated carbocycles. The second-order valence-electron chi connectivity index (χ2n) is 4.49. The van der Waals surface area contributed by atoms with E-state index in [0.717, 1.165) is 37.4 Å². The van der Waals surface area contributed by atoms with Crippen LogP contribution in [0.4, 0.5) is 5.69 Å². The minimum atomic E-state index is 0.518. The average Bonchev–Trinajstić information content (AvgIpc) is 2.94. The first-order valence-corrected chi connectivity index (χ1v) is 6.36. The lowest BCUT2D eigenvalue weighted by molar-refractivity contribution is 0.479. The molecule has 0 spiro atoms. The monoisotopic (exact) mass is 243 g/mol. The van der Waals surface area contributed by atoms with E-state index >= 15 is 0 Å². The molecule has 94 valence electrons. The van der Waals surface area contributed by atoms with Gasteiger partial charge < -0.3 is 10.6 Å². The van der Waals surface area contributed by atoms with Crippen LogP contribution >= 0.6 is 0 Å². The van der Waals surface area contributed by atoms with Crippen LogP contribution in [0.3, 0.4) is 0 Å². The predicted molar refractivity (Wildman–Crippen MR) is 70.9 cm³/mol. The fraction of sp³-hybridized carbons (Fsp3) is 0.385. The van der Waals surface area contributed by atoms with Crippen LogP contribution in [-0.4, -0.2) is 33.9 Å². The molecule has 1 saturated heterocycles. The van der Waals surface area contributed by atoms with Gasteiger partial charge in [0, 0.05) is 24.6 Å². The molecule has 0 unspecified atom stereocenters. The Morgan fingerprint density at radius 1 is 1.22 bits per heavy atom. The molecule has 0 amide bonds. The Morgan fingerprint density at radius 2 is 2.11 bits per heavy atom. The highest BCUT2D eigenvalue weighted by atomic mass is 15.3. The first-order valence-electron chi connectivity index (χ1n) is 6.36. The number of rotatable bonds is 3. The topological polar surface area (TPSA) is 54.8 Å². The summed E-state index contributed by atoms with van der Waals surface area (Å²) in [6.45, 7) is 2.16. The van der Waals surface area contributed by atoms with E-state index in [-0.39, 0.29) is 0 Å². The zero-order valence-corrected chi connectivity index (χ0v) is 10.2. The van der Waals surface area contributed by atoms with Gasteiger partial charge in [0.1, 0.15) is 0 Å². The van der Waals surface area contributed by atoms with Crippen molar-refractivity contribution in [3.63, 3.8) is 0 Å². The normalized spacial score (nSPS) is 16.7. The maximum Gasteiger partial charge on any atom is 0.176 e. The van der Waals surface area contributed by atoms with Gasteiger partial charge >= 0.3 is 0 Å². The van der Waals surface area contributed by atoms with E-state index in [0.29, 0.717) is 6.04 Å². The minimum Gasteiger partial charge on any atom is -0.379 e. The maximum atomic E-state index is 4.41. The van der Waals surface area contributed by atoms with E-state index in [2.05, 4.69) is 26.8 Å². The van der Waals surface area contributed by atoms with Crippen molar-refractivity contribution in [2.24, 2.45) is 0 Å². The van der Waals surface area contributed by atoms with Crippen molar-refractivity contribution in [1.29, 1.82) is 0 Å². The zero-order valence-electron chi connectivity index (χ0n) is 10.2. The molecule has 0 aliphatic carbocycles. The zero-order chi connectivity index (χ0) is 12.2. The molecule has 3 heterocycles. The molecule has 2 N–H and O–H groups in total. The summed E-state index contributed by atoms with van der Waals surface area (Å²) in [5.74, 6) is 0.862. The standard InChI is InChI=1S/C13H17N5/c1-3-12(17-11-4-8-14-9-5-11)13(15-6-1)18-10-2-7-16-18/h1-3,6-7,10-11,14,17H,4-5,8-9H2. The van der Waals surface area contributed by atoms with Gasteiger partial charge in [-0.1, -0.05) is 0 Å². The third kappa shape index (κ3) is 2.36. The number of aromatic nitrogens is 3. The Labute approximate surface area is 106 Å². The van der Waals surface area contributed by atoms with Gasteiger partial charge in [-0.15, -0.1) is 0 Å². The van der Waals surface area contributed by atoms with Crippen LogP contribution in [0.15, 0.2) is 36.8 Å². The lowest BCUT2D eigenvalue weighted by atomic mass is 10.1. The summed E-state index contributed by atoms with van der Waals surface area (Å²) in [5.41, 5.74) is 1.05. The molecule has 0 bridgehead atoms. The van der Waals surface area contributed by atoms with Gasteiger partial charge in [0.05, 0.1) is 5.69 Å². The average molecular weight is 243 g/mol. The Morgan fingerprint density at radius 3 is 2.89 bits per heavy atom. The maximum absolute atomic E-state index is 4.41. The molecule has 5 heteroatoms. The first kappa shape index (κ1) is 11.2. The molecule has 1 aliphatic heterocycles. The smallest absolute Gasteiger partial charge is 0.176 e. The summed E-state index contributed by atoms with van der Waals surface area (Å²) in [7, 11) is 0. The fourth-order valence-electron chi connectivity index (χ4n) is 2.27. The Hall–Kier alpha value is -1.88. The van der Waals surface area contributed by atoms with Crippen molar-refractivity contribution in [1.82, 2.24) is 20.1 Å². The van der Waals surface area contributed by atoms with E-state index in [1.54, 1.807) is 17.1 Å². The van der Waals surface area contributed by atoms with Gasteiger partial charge in [0.15, 0.2) is 5.82 Å². The SMILES string of the molecule is c1cnc(-n2cccn2)c(NC2CCNCC2)c1. The Balaban J connectivity index is 1.83. The Kier molecular flexibility index (Phi) is 3.23. The van der Waals surface area contributed by atoms with Crippen LogP contribution in [0.5, 0.6) is 0 Å². The van der Waals surface area contributed by atoms with Gasteiger partial charge in [-0.2, -0.15) is 5.10 Å². The van der Waals surface area contributed by atoms with Crippen molar-refractivity contribution in [2.45, 2.75) is 18.9 Å². The van der Waals surface area contributed by atoms with Crippen molar-refractivity contribution in [2.75, 3.05) is 18.4 Å². The fourth-order valence-corrected chi connectivity index (χ4v) is 2.27. The molecular formula is C13H17N5. The number of nitrogens with one attached hydrogen (secondary N) is 2. The summed E-state index contributed by atoms with van der Waals surface area (Å²) in [5, 5.41) is 11.2. The highest BCUT2D eigenvalue weighted by Crippen LogP contribution is 2.19. The summed E-state index contributed by atoms with van der Waals surface area (Å²) in [4.78, 5) is 4.41. The van der Waals surface area contributed by atoms with E-state index in [4.69, 9.17) is 0 Å². The molecule has 2 aromatic rings. The highest BCUT2D eigenvalue weighted by molar-refractivity contribution is 5.56. The lowest BCUT2D eigenvalue weighted by Gasteiger charge is -2.25. The largest absolute Gasteiger partial charge is 0.379 e. The Bertz CT molecular complexity index is 488. The number of pyridine rings is 1. The van der Waals surface area contributed by atoms with E-state index in [1.807, 2.05) is 18.3 Å². The number of anilines is 1. The third-order valence-corrected chi connectivity index (χ3v) is 3.21. The lowest BCUT2D eigenvalue weighted by Crippen LogP contribution is -2.35. The van der Waals surface area contributed by atoms with E-state index in [1.165, 1.54) is 0 Å².